The molecule has 1 atom stereocenters. The molecule has 0 unspecified atom stereocenters. The number of hydrogen-bond acceptors (Lipinski definition) is 4. The number of piperazine rings is 1. The molecule has 132 valence electrons. The summed E-state index contributed by atoms with van der Waals surface area (Å²) in [7, 11) is -2.85. The van der Waals surface area contributed by atoms with Crippen LogP contribution >= 0.6 is 12.2 Å². The van der Waals surface area contributed by atoms with Crippen LogP contribution in [0.2, 0.25) is 0 Å². The number of hydrogen-bond donors (Lipinski definition) is 1. The molecule has 2 fully saturated rings. The number of halogens is 1. The Labute approximate surface area is 147 Å². The molecular weight excluding hydrogens is 349 g/mol. The lowest BCUT2D eigenvalue weighted by atomic mass is 10.2. The maximum absolute atomic E-state index is 13.6. The molecule has 24 heavy (non-hydrogen) atoms. The average molecular weight is 372 g/mol. The molecule has 0 spiro atoms. The summed E-state index contributed by atoms with van der Waals surface area (Å²) >= 11 is 5.42. The van der Waals surface area contributed by atoms with E-state index in [1.165, 1.54) is 6.07 Å². The van der Waals surface area contributed by atoms with E-state index < -0.39 is 9.84 Å². The van der Waals surface area contributed by atoms with Gasteiger partial charge in [-0.2, -0.15) is 0 Å². The monoisotopic (exact) mass is 371 g/mol. The molecule has 0 aliphatic carbocycles. The second-order valence-corrected chi connectivity index (χ2v) is 9.09. The summed E-state index contributed by atoms with van der Waals surface area (Å²) in [4.78, 5) is 4.29. The minimum atomic E-state index is -2.85. The van der Waals surface area contributed by atoms with Gasteiger partial charge in [0.15, 0.2) is 14.9 Å². The Kier molecular flexibility index (Phi) is 5.08. The quantitative estimate of drug-likeness (QED) is 0.798. The number of benzene rings is 1. The molecule has 3 rings (SSSR count). The predicted octanol–water partition coefficient (Wildman–Crippen LogP) is 1.64. The number of rotatable bonds is 2. The molecule has 1 aromatic carbocycles. The molecule has 5 nitrogen and oxygen atoms in total. The summed E-state index contributed by atoms with van der Waals surface area (Å²) in [5.41, 5.74) is 1.25. The van der Waals surface area contributed by atoms with Gasteiger partial charge in [-0.1, -0.05) is 6.07 Å². The lowest BCUT2D eigenvalue weighted by Gasteiger charge is -2.38. The SMILES string of the molecule is Cc1ccc(NC(=S)N2CCN([C@H]3CCS(=O)(=O)C3)CC2)cc1F. The van der Waals surface area contributed by atoms with Crippen molar-refractivity contribution in [3.63, 3.8) is 0 Å². The zero-order valence-electron chi connectivity index (χ0n) is 13.7. The van der Waals surface area contributed by atoms with E-state index in [4.69, 9.17) is 12.2 Å². The topological polar surface area (TPSA) is 52.6 Å². The first-order valence-corrected chi connectivity index (χ1v) is 10.3. The highest BCUT2D eigenvalue weighted by Gasteiger charge is 2.33. The van der Waals surface area contributed by atoms with E-state index in [0.717, 1.165) is 32.6 Å². The van der Waals surface area contributed by atoms with Crippen LogP contribution in [0.4, 0.5) is 10.1 Å². The lowest BCUT2D eigenvalue weighted by Crippen LogP contribution is -2.53. The van der Waals surface area contributed by atoms with Crippen molar-refractivity contribution < 1.29 is 12.8 Å². The molecule has 0 amide bonds. The normalized spacial score (nSPS) is 24.1. The van der Waals surface area contributed by atoms with E-state index >= 15 is 0 Å². The van der Waals surface area contributed by atoms with Gasteiger partial charge in [0.1, 0.15) is 5.82 Å². The fraction of sp³-hybridized carbons (Fsp3) is 0.562. The van der Waals surface area contributed by atoms with Gasteiger partial charge in [-0.05, 0) is 43.3 Å². The van der Waals surface area contributed by atoms with E-state index in [9.17, 15) is 12.8 Å². The van der Waals surface area contributed by atoms with Crippen LogP contribution in [0.3, 0.4) is 0 Å². The van der Waals surface area contributed by atoms with Crippen molar-refractivity contribution in [1.29, 1.82) is 0 Å². The summed E-state index contributed by atoms with van der Waals surface area (Å²) in [6, 6.07) is 5.12. The third kappa shape index (κ3) is 4.04. The summed E-state index contributed by atoms with van der Waals surface area (Å²) in [6.07, 6.45) is 0.730. The fourth-order valence-electron chi connectivity index (χ4n) is 3.23. The van der Waals surface area contributed by atoms with Crippen molar-refractivity contribution in [3.8, 4) is 0 Å². The molecule has 1 aromatic rings. The summed E-state index contributed by atoms with van der Waals surface area (Å²) in [5, 5.41) is 3.66. The van der Waals surface area contributed by atoms with E-state index in [1.54, 1.807) is 13.0 Å². The largest absolute Gasteiger partial charge is 0.346 e. The van der Waals surface area contributed by atoms with Crippen LogP contribution in [0, 0.1) is 12.7 Å². The van der Waals surface area contributed by atoms with Gasteiger partial charge < -0.3 is 10.2 Å². The Morgan fingerprint density at radius 3 is 2.58 bits per heavy atom. The van der Waals surface area contributed by atoms with Gasteiger partial charge in [-0.3, -0.25) is 4.90 Å². The average Bonchev–Trinajstić information content (AvgIpc) is 2.91. The molecule has 2 heterocycles. The maximum atomic E-state index is 13.6. The molecule has 2 aliphatic rings. The van der Waals surface area contributed by atoms with Crippen LogP contribution in [0.5, 0.6) is 0 Å². The van der Waals surface area contributed by atoms with Crippen LogP contribution in [0.15, 0.2) is 18.2 Å². The zero-order chi connectivity index (χ0) is 17.3. The summed E-state index contributed by atoms with van der Waals surface area (Å²) < 4.78 is 36.8. The van der Waals surface area contributed by atoms with Gasteiger partial charge in [0, 0.05) is 37.9 Å². The highest BCUT2D eigenvalue weighted by atomic mass is 32.2. The zero-order valence-corrected chi connectivity index (χ0v) is 15.3. The standard InChI is InChI=1S/C16H22FN3O2S2/c1-12-2-3-13(10-15(12)17)18-16(23)20-7-5-19(6-8-20)14-4-9-24(21,22)11-14/h2-3,10,14H,4-9,11H2,1H3,(H,18,23)/t14-/m0/s1. The van der Waals surface area contributed by atoms with Crippen molar-refractivity contribution >= 4 is 32.9 Å². The van der Waals surface area contributed by atoms with Gasteiger partial charge in [-0.25, -0.2) is 12.8 Å². The number of thiocarbonyl (C=S) groups is 1. The lowest BCUT2D eigenvalue weighted by molar-refractivity contribution is 0.144. The summed E-state index contributed by atoms with van der Waals surface area (Å²) in [6.45, 7) is 4.81. The first kappa shape index (κ1) is 17.6. The summed E-state index contributed by atoms with van der Waals surface area (Å²) in [5.74, 6) is 0.324. The van der Waals surface area contributed by atoms with Crippen LogP contribution < -0.4 is 5.32 Å². The van der Waals surface area contributed by atoms with E-state index in [0.29, 0.717) is 22.1 Å². The number of sulfone groups is 1. The van der Waals surface area contributed by atoms with E-state index in [2.05, 4.69) is 10.2 Å². The minimum absolute atomic E-state index is 0.143. The number of nitrogens with one attached hydrogen (secondary N) is 1. The molecule has 0 bridgehead atoms. The van der Waals surface area contributed by atoms with Crippen molar-refractivity contribution in [3.05, 3.63) is 29.6 Å². The molecule has 0 radical (unpaired) electrons. The minimum Gasteiger partial charge on any atom is -0.346 e. The number of nitrogens with zero attached hydrogens (tertiary/aromatic N) is 2. The molecule has 1 N–H and O–H groups in total. The fourth-order valence-corrected chi connectivity index (χ4v) is 5.29. The Balaban J connectivity index is 1.52. The highest BCUT2D eigenvalue weighted by molar-refractivity contribution is 7.91. The van der Waals surface area contributed by atoms with E-state index in [-0.39, 0.29) is 17.6 Å². The van der Waals surface area contributed by atoms with Gasteiger partial charge in [0.05, 0.1) is 11.5 Å². The van der Waals surface area contributed by atoms with E-state index in [1.807, 2.05) is 11.0 Å². The van der Waals surface area contributed by atoms with Crippen molar-refractivity contribution in [2.24, 2.45) is 0 Å². The molecular formula is C16H22FN3O2S2. The molecule has 8 heteroatoms. The van der Waals surface area contributed by atoms with Crippen molar-refractivity contribution in [2.45, 2.75) is 19.4 Å². The highest BCUT2D eigenvalue weighted by Crippen LogP contribution is 2.20. The Bertz CT molecular complexity index is 731. The third-order valence-electron chi connectivity index (χ3n) is 4.75. The van der Waals surface area contributed by atoms with Crippen LogP contribution in [-0.4, -0.2) is 67.1 Å². The first-order valence-electron chi connectivity index (χ1n) is 8.11. The molecule has 0 saturated carbocycles. The second kappa shape index (κ2) is 6.93. The number of aryl methyl sites for hydroxylation is 1. The smallest absolute Gasteiger partial charge is 0.173 e. The van der Waals surface area contributed by atoms with Crippen LogP contribution in [0.1, 0.15) is 12.0 Å². The van der Waals surface area contributed by atoms with Crippen LogP contribution in [-0.2, 0) is 9.84 Å². The Morgan fingerprint density at radius 2 is 2.00 bits per heavy atom. The van der Waals surface area contributed by atoms with Gasteiger partial charge >= 0.3 is 0 Å². The first-order chi connectivity index (χ1) is 11.3. The Morgan fingerprint density at radius 1 is 1.29 bits per heavy atom. The van der Waals surface area contributed by atoms with Crippen molar-refractivity contribution in [2.75, 3.05) is 43.0 Å². The molecule has 0 aromatic heterocycles. The number of anilines is 1. The molecule has 2 aliphatic heterocycles. The van der Waals surface area contributed by atoms with Crippen LogP contribution in [0.25, 0.3) is 0 Å². The van der Waals surface area contributed by atoms with Gasteiger partial charge in [-0.15, -0.1) is 0 Å². The van der Waals surface area contributed by atoms with Crippen molar-refractivity contribution in [1.82, 2.24) is 9.80 Å². The maximum Gasteiger partial charge on any atom is 0.173 e. The van der Waals surface area contributed by atoms with Gasteiger partial charge in [0.25, 0.3) is 0 Å². The van der Waals surface area contributed by atoms with Gasteiger partial charge in [0.2, 0.25) is 0 Å². The second-order valence-electron chi connectivity index (χ2n) is 6.47. The Hall–Kier alpha value is -1.25. The third-order valence-corrected chi connectivity index (χ3v) is 6.86. The predicted molar refractivity (Wildman–Crippen MR) is 97.6 cm³/mol. The molecule has 2 saturated heterocycles.